The van der Waals surface area contributed by atoms with E-state index in [0.29, 0.717) is 25.7 Å². The van der Waals surface area contributed by atoms with Crippen LogP contribution in [-0.2, 0) is 0 Å². The van der Waals surface area contributed by atoms with Crippen LogP contribution < -0.4 is 9.47 Å². The van der Waals surface area contributed by atoms with Crippen molar-refractivity contribution < 1.29 is 18.3 Å². The number of nitriles is 1. The molecule has 0 saturated heterocycles. The number of alkyl halides is 1. The van der Waals surface area contributed by atoms with E-state index in [1.807, 2.05) is 0 Å². The summed E-state index contributed by atoms with van der Waals surface area (Å²) in [5.74, 6) is -0.879. The van der Waals surface area contributed by atoms with E-state index in [1.165, 1.54) is 7.11 Å². The number of nitrogens with zero attached hydrogens (tertiary/aromatic N) is 2. The van der Waals surface area contributed by atoms with Crippen LogP contribution in [0.5, 0.6) is 11.8 Å². The molecule has 1 aromatic rings. The van der Waals surface area contributed by atoms with Crippen LogP contribution in [0.1, 0.15) is 31.2 Å². The molecule has 19 heavy (non-hydrogen) atoms. The molecule has 0 radical (unpaired) electrons. The molecule has 102 valence electrons. The average Bonchev–Trinajstić information content (AvgIpc) is 2.43. The Balaban J connectivity index is 2.14. The van der Waals surface area contributed by atoms with Gasteiger partial charge in [0.2, 0.25) is 5.88 Å². The van der Waals surface area contributed by atoms with Crippen molar-refractivity contribution in [3.8, 4) is 17.8 Å². The molecule has 1 aliphatic carbocycles. The summed E-state index contributed by atoms with van der Waals surface area (Å²) in [5, 5.41) is 8.80. The molecule has 4 nitrogen and oxygen atoms in total. The van der Waals surface area contributed by atoms with Gasteiger partial charge < -0.3 is 9.47 Å². The number of methoxy groups -OCH3 is 1. The van der Waals surface area contributed by atoms with Gasteiger partial charge in [-0.05, 0) is 25.7 Å². The highest BCUT2D eigenvalue weighted by molar-refractivity contribution is 5.40. The van der Waals surface area contributed by atoms with Crippen LogP contribution in [0.25, 0.3) is 0 Å². The first-order valence-electron chi connectivity index (χ1n) is 6.09. The van der Waals surface area contributed by atoms with Crippen LogP contribution >= 0.6 is 0 Å². The maximum atomic E-state index is 13.7. The lowest BCUT2D eigenvalue weighted by Crippen LogP contribution is -2.25. The molecular formula is C13H14F2N2O2. The van der Waals surface area contributed by atoms with Crippen LogP contribution in [0.15, 0.2) is 6.07 Å². The third-order valence-corrected chi connectivity index (χ3v) is 3.10. The fraction of sp³-hybridized carbons (Fsp3) is 0.538. The van der Waals surface area contributed by atoms with Gasteiger partial charge in [0.05, 0.1) is 7.11 Å². The third-order valence-electron chi connectivity index (χ3n) is 3.10. The molecule has 0 atom stereocenters. The average molecular weight is 268 g/mol. The monoisotopic (exact) mass is 268 g/mol. The summed E-state index contributed by atoms with van der Waals surface area (Å²) in [7, 11) is 1.35. The van der Waals surface area contributed by atoms with E-state index >= 15 is 0 Å². The Morgan fingerprint density at radius 2 is 2.00 bits per heavy atom. The molecule has 0 aliphatic heterocycles. The largest absolute Gasteiger partial charge is 0.480 e. The zero-order valence-electron chi connectivity index (χ0n) is 10.5. The maximum absolute atomic E-state index is 13.7. The minimum atomic E-state index is -0.798. The Morgan fingerprint density at radius 3 is 2.58 bits per heavy atom. The Kier molecular flexibility index (Phi) is 4.15. The van der Waals surface area contributed by atoms with Crippen molar-refractivity contribution in [2.45, 2.75) is 38.0 Å². The van der Waals surface area contributed by atoms with E-state index in [4.69, 9.17) is 14.7 Å². The molecular weight excluding hydrogens is 254 g/mol. The Labute approximate surface area is 110 Å². The van der Waals surface area contributed by atoms with Gasteiger partial charge in [0.15, 0.2) is 5.82 Å². The molecule has 0 spiro atoms. The SMILES string of the molecule is COc1nc(OC2CCC(F)CC2)c(F)cc1C#N. The first-order chi connectivity index (χ1) is 9.13. The van der Waals surface area contributed by atoms with Gasteiger partial charge in [-0.15, -0.1) is 0 Å². The molecule has 1 saturated carbocycles. The van der Waals surface area contributed by atoms with Gasteiger partial charge in [-0.3, -0.25) is 0 Å². The molecule has 0 amide bonds. The van der Waals surface area contributed by atoms with Crippen molar-refractivity contribution in [3.05, 3.63) is 17.4 Å². The Bertz CT molecular complexity index is 494. The van der Waals surface area contributed by atoms with E-state index in [9.17, 15) is 8.78 Å². The van der Waals surface area contributed by atoms with Crippen LogP contribution in [0.4, 0.5) is 8.78 Å². The second-order valence-electron chi connectivity index (χ2n) is 4.44. The zero-order valence-corrected chi connectivity index (χ0v) is 10.5. The van der Waals surface area contributed by atoms with Gasteiger partial charge in [0, 0.05) is 6.07 Å². The van der Waals surface area contributed by atoms with Gasteiger partial charge in [0.25, 0.3) is 5.88 Å². The minimum absolute atomic E-state index is 0.0137. The van der Waals surface area contributed by atoms with E-state index < -0.39 is 12.0 Å². The lowest BCUT2D eigenvalue weighted by atomic mass is 9.96. The molecule has 0 aromatic carbocycles. The van der Waals surface area contributed by atoms with Gasteiger partial charge in [-0.2, -0.15) is 10.2 Å². The second-order valence-corrected chi connectivity index (χ2v) is 4.44. The summed E-state index contributed by atoms with van der Waals surface area (Å²) in [6.45, 7) is 0. The number of ether oxygens (including phenoxy) is 2. The highest BCUT2D eigenvalue weighted by Gasteiger charge is 2.24. The van der Waals surface area contributed by atoms with Crippen molar-refractivity contribution in [2.75, 3.05) is 7.11 Å². The van der Waals surface area contributed by atoms with Crippen molar-refractivity contribution in [3.63, 3.8) is 0 Å². The number of aromatic nitrogens is 1. The summed E-state index contributed by atoms with van der Waals surface area (Å²) in [6.07, 6.45) is 0.856. The molecule has 0 N–H and O–H groups in total. The van der Waals surface area contributed by atoms with Gasteiger partial charge >= 0.3 is 0 Å². The van der Waals surface area contributed by atoms with Crippen LogP contribution in [0, 0.1) is 17.1 Å². The number of hydrogen-bond donors (Lipinski definition) is 0. The lowest BCUT2D eigenvalue weighted by Gasteiger charge is -2.24. The summed E-state index contributed by atoms with van der Waals surface area (Å²) < 4.78 is 37.0. The minimum Gasteiger partial charge on any atom is -0.480 e. The van der Waals surface area contributed by atoms with Gasteiger partial charge in [-0.1, -0.05) is 0 Å². The fourth-order valence-electron chi connectivity index (χ4n) is 2.07. The molecule has 2 rings (SSSR count). The van der Waals surface area contributed by atoms with Crippen molar-refractivity contribution in [1.29, 1.82) is 5.26 Å². The molecule has 0 bridgehead atoms. The van der Waals surface area contributed by atoms with E-state index in [-0.39, 0.29) is 23.4 Å². The topological polar surface area (TPSA) is 55.1 Å². The van der Waals surface area contributed by atoms with Crippen molar-refractivity contribution in [1.82, 2.24) is 4.98 Å². The molecule has 1 aromatic heterocycles. The Hall–Kier alpha value is -1.90. The number of halogens is 2. The van der Waals surface area contributed by atoms with Crippen LogP contribution in [-0.4, -0.2) is 24.4 Å². The molecule has 6 heteroatoms. The molecule has 1 fully saturated rings. The van der Waals surface area contributed by atoms with E-state index in [0.717, 1.165) is 6.07 Å². The molecule has 1 aliphatic rings. The van der Waals surface area contributed by atoms with E-state index in [1.54, 1.807) is 6.07 Å². The molecule has 1 heterocycles. The van der Waals surface area contributed by atoms with Crippen molar-refractivity contribution in [2.24, 2.45) is 0 Å². The predicted molar refractivity (Wildman–Crippen MR) is 63.2 cm³/mol. The quantitative estimate of drug-likeness (QED) is 0.845. The van der Waals surface area contributed by atoms with Crippen LogP contribution in [0.2, 0.25) is 0 Å². The summed E-state index contributed by atoms with van der Waals surface area (Å²) in [6, 6.07) is 2.82. The normalized spacial score (nSPS) is 22.6. The summed E-state index contributed by atoms with van der Waals surface area (Å²) in [4.78, 5) is 3.84. The lowest BCUT2D eigenvalue weighted by molar-refractivity contribution is 0.104. The Morgan fingerprint density at radius 1 is 1.32 bits per heavy atom. The van der Waals surface area contributed by atoms with Gasteiger partial charge in [-0.25, -0.2) is 8.78 Å². The fourth-order valence-corrected chi connectivity index (χ4v) is 2.07. The first kappa shape index (κ1) is 13.5. The highest BCUT2D eigenvalue weighted by atomic mass is 19.1. The number of hydrogen-bond acceptors (Lipinski definition) is 4. The zero-order chi connectivity index (χ0) is 13.8. The standard InChI is InChI=1S/C13H14F2N2O2/c1-18-12-8(7-16)6-11(15)13(17-12)19-10-4-2-9(14)3-5-10/h6,9-10H,2-5H2,1H3. The highest BCUT2D eigenvalue weighted by Crippen LogP contribution is 2.28. The smallest absolute Gasteiger partial charge is 0.254 e. The predicted octanol–water partition coefficient (Wildman–Crippen LogP) is 2.76. The van der Waals surface area contributed by atoms with Crippen LogP contribution in [0.3, 0.4) is 0 Å². The second kappa shape index (κ2) is 5.83. The van der Waals surface area contributed by atoms with Crippen molar-refractivity contribution >= 4 is 0 Å². The van der Waals surface area contributed by atoms with E-state index in [2.05, 4.69) is 4.98 Å². The maximum Gasteiger partial charge on any atom is 0.254 e. The number of rotatable bonds is 3. The summed E-state index contributed by atoms with van der Waals surface area (Å²) >= 11 is 0. The first-order valence-corrected chi connectivity index (χ1v) is 6.09. The summed E-state index contributed by atoms with van der Waals surface area (Å²) in [5.41, 5.74) is 0.0137. The third kappa shape index (κ3) is 3.11. The molecule has 0 unspecified atom stereocenters. The number of pyridine rings is 1. The van der Waals surface area contributed by atoms with Gasteiger partial charge in [0.1, 0.15) is 23.9 Å².